The van der Waals surface area contributed by atoms with Crippen molar-refractivity contribution in [3.63, 3.8) is 0 Å². The van der Waals surface area contributed by atoms with E-state index in [0.717, 1.165) is 41.1 Å². The van der Waals surface area contributed by atoms with Gasteiger partial charge < -0.3 is 10.1 Å². The molecule has 4 bridgehead atoms. The molecule has 2 nitrogen and oxygen atoms in total. The van der Waals surface area contributed by atoms with E-state index >= 15 is 0 Å². The Kier molecular flexibility index (Phi) is 4.68. The Morgan fingerprint density at radius 1 is 1.17 bits per heavy atom. The fourth-order valence-corrected chi connectivity index (χ4v) is 6.58. The molecule has 132 valence electrons. The zero-order valence-corrected chi connectivity index (χ0v) is 16.6. The molecule has 1 unspecified atom stereocenters. The van der Waals surface area contributed by atoms with Crippen LogP contribution in [0.3, 0.4) is 0 Å². The summed E-state index contributed by atoms with van der Waals surface area (Å²) >= 11 is 3.60. The summed E-state index contributed by atoms with van der Waals surface area (Å²) in [5.74, 6) is 4.08. The van der Waals surface area contributed by atoms with Crippen LogP contribution in [-0.4, -0.2) is 12.6 Å². The molecule has 0 aromatic heterocycles. The van der Waals surface area contributed by atoms with Crippen molar-refractivity contribution in [1.29, 1.82) is 0 Å². The fraction of sp³-hybridized carbons (Fsp3) is 0.714. The first-order valence-electron chi connectivity index (χ1n) is 9.72. The van der Waals surface area contributed by atoms with Gasteiger partial charge in [0.15, 0.2) is 0 Å². The molecule has 3 heteroatoms. The van der Waals surface area contributed by atoms with Gasteiger partial charge in [0.2, 0.25) is 0 Å². The second-order valence-electron chi connectivity index (χ2n) is 8.57. The highest BCUT2D eigenvalue weighted by molar-refractivity contribution is 9.10. The predicted octanol–water partition coefficient (Wildman–Crippen LogP) is 5.54. The lowest BCUT2D eigenvalue weighted by Crippen LogP contribution is -2.54. The second-order valence-corrected chi connectivity index (χ2v) is 9.48. The normalized spacial score (nSPS) is 35.2. The van der Waals surface area contributed by atoms with Gasteiger partial charge >= 0.3 is 0 Å². The molecule has 4 aliphatic rings. The van der Waals surface area contributed by atoms with Gasteiger partial charge in [-0.05, 0) is 93.7 Å². The Labute approximate surface area is 154 Å². The van der Waals surface area contributed by atoms with Gasteiger partial charge in [-0.15, -0.1) is 0 Å². The summed E-state index contributed by atoms with van der Waals surface area (Å²) in [6.45, 7) is 6.11. The van der Waals surface area contributed by atoms with Crippen LogP contribution in [0.4, 0.5) is 0 Å². The maximum absolute atomic E-state index is 5.81. The van der Waals surface area contributed by atoms with Crippen molar-refractivity contribution in [2.24, 2.45) is 23.2 Å². The topological polar surface area (TPSA) is 21.3 Å². The van der Waals surface area contributed by atoms with Gasteiger partial charge in [-0.25, -0.2) is 0 Å². The molecule has 0 heterocycles. The van der Waals surface area contributed by atoms with Crippen LogP contribution in [0.25, 0.3) is 0 Å². The van der Waals surface area contributed by atoms with Crippen LogP contribution in [0.5, 0.6) is 5.75 Å². The number of hydrogen-bond acceptors (Lipinski definition) is 2. The Balaban J connectivity index is 1.45. The number of rotatable bonds is 6. The third-order valence-electron chi connectivity index (χ3n) is 6.93. The van der Waals surface area contributed by atoms with Gasteiger partial charge in [0.25, 0.3) is 0 Å². The number of halogens is 1. The van der Waals surface area contributed by atoms with E-state index in [9.17, 15) is 0 Å². The monoisotopic (exact) mass is 391 g/mol. The highest BCUT2D eigenvalue weighted by Crippen LogP contribution is 2.61. The molecule has 4 saturated carbocycles. The number of nitrogens with one attached hydrogen (secondary N) is 1. The van der Waals surface area contributed by atoms with Crippen LogP contribution in [-0.2, 0) is 6.54 Å². The van der Waals surface area contributed by atoms with Gasteiger partial charge in [-0.2, -0.15) is 0 Å². The number of hydrogen-bond donors (Lipinski definition) is 1. The van der Waals surface area contributed by atoms with Crippen molar-refractivity contribution in [2.75, 3.05) is 6.61 Å². The third kappa shape index (κ3) is 3.14. The summed E-state index contributed by atoms with van der Waals surface area (Å²) in [5, 5.41) is 3.88. The molecule has 1 atom stereocenters. The number of benzene rings is 1. The minimum atomic E-state index is 0.562. The minimum absolute atomic E-state index is 0.562. The van der Waals surface area contributed by atoms with Gasteiger partial charge in [-0.1, -0.05) is 15.9 Å². The van der Waals surface area contributed by atoms with Gasteiger partial charge in [0.05, 0.1) is 6.61 Å². The molecule has 0 aliphatic heterocycles. The fourth-order valence-electron chi connectivity index (χ4n) is 6.17. The smallest absolute Gasteiger partial charge is 0.123 e. The molecular formula is C21H30BrNO. The molecule has 1 aromatic carbocycles. The predicted molar refractivity (Wildman–Crippen MR) is 102 cm³/mol. The van der Waals surface area contributed by atoms with Gasteiger partial charge in [0.1, 0.15) is 5.75 Å². The van der Waals surface area contributed by atoms with E-state index in [4.69, 9.17) is 4.74 Å². The quantitative estimate of drug-likeness (QED) is 0.686. The van der Waals surface area contributed by atoms with Crippen molar-refractivity contribution in [3.05, 3.63) is 28.2 Å². The Hall–Kier alpha value is -0.540. The third-order valence-corrected chi connectivity index (χ3v) is 7.42. The van der Waals surface area contributed by atoms with Gasteiger partial charge in [0, 0.05) is 22.6 Å². The largest absolute Gasteiger partial charge is 0.494 e. The molecule has 4 fully saturated rings. The van der Waals surface area contributed by atoms with Crippen LogP contribution in [0, 0.1) is 23.2 Å². The van der Waals surface area contributed by atoms with Crippen molar-refractivity contribution in [3.8, 4) is 5.75 Å². The van der Waals surface area contributed by atoms with Crippen LogP contribution < -0.4 is 10.1 Å². The van der Waals surface area contributed by atoms with Crippen LogP contribution in [0.15, 0.2) is 22.7 Å². The molecule has 1 aromatic rings. The molecule has 0 spiro atoms. The maximum atomic E-state index is 5.81. The summed E-state index contributed by atoms with van der Waals surface area (Å²) in [5.41, 5.74) is 1.83. The summed E-state index contributed by atoms with van der Waals surface area (Å²) in [6.07, 6.45) is 8.95. The zero-order chi connectivity index (χ0) is 16.7. The van der Waals surface area contributed by atoms with Crippen molar-refractivity contribution >= 4 is 15.9 Å². The lowest BCUT2D eigenvalue weighted by atomic mass is 9.48. The minimum Gasteiger partial charge on any atom is -0.494 e. The van der Waals surface area contributed by atoms with E-state index in [1.165, 1.54) is 44.1 Å². The van der Waals surface area contributed by atoms with E-state index in [-0.39, 0.29) is 0 Å². The first kappa shape index (κ1) is 16.9. The van der Waals surface area contributed by atoms with E-state index in [0.29, 0.717) is 11.5 Å². The second kappa shape index (κ2) is 6.64. The van der Waals surface area contributed by atoms with Crippen molar-refractivity contribution < 1.29 is 4.74 Å². The SMILES string of the molecule is CCOc1ccc(Br)cc1CNC(C)C12CC3CC(CC(C3)C1)C2. The van der Waals surface area contributed by atoms with E-state index in [1.54, 1.807) is 0 Å². The standard InChI is InChI=1S/C21H30BrNO/c1-3-24-20-5-4-19(22)9-18(20)13-23-14(2)21-10-15-6-16(11-21)8-17(7-15)12-21/h4-5,9,14-17,23H,3,6-8,10-13H2,1-2H3. The number of ether oxygens (including phenoxy) is 1. The molecule has 4 aliphatic carbocycles. The Morgan fingerprint density at radius 3 is 2.38 bits per heavy atom. The molecular weight excluding hydrogens is 362 g/mol. The van der Waals surface area contributed by atoms with Crippen LogP contribution in [0.1, 0.15) is 57.9 Å². The zero-order valence-electron chi connectivity index (χ0n) is 15.0. The molecule has 24 heavy (non-hydrogen) atoms. The highest BCUT2D eigenvalue weighted by atomic mass is 79.9. The van der Waals surface area contributed by atoms with Crippen molar-refractivity contribution in [2.45, 2.75) is 65.0 Å². The van der Waals surface area contributed by atoms with Crippen LogP contribution >= 0.6 is 15.9 Å². The average molecular weight is 392 g/mol. The molecule has 0 saturated heterocycles. The van der Waals surface area contributed by atoms with Crippen LogP contribution in [0.2, 0.25) is 0 Å². The highest BCUT2D eigenvalue weighted by Gasteiger charge is 2.52. The van der Waals surface area contributed by atoms with E-state index in [2.05, 4.69) is 53.3 Å². The first-order valence-corrected chi connectivity index (χ1v) is 10.5. The summed E-state index contributed by atoms with van der Waals surface area (Å²) < 4.78 is 6.94. The lowest BCUT2D eigenvalue weighted by Gasteiger charge is -2.59. The Morgan fingerprint density at radius 2 is 1.79 bits per heavy atom. The van der Waals surface area contributed by atoms with Gasteiger partial charge in [-0.3, -0.25) is 0 Å². The summed E-state index contributed by atoms with van der Waals surface area (Å²) in [4.78, 5) is 0. The average Bonchev–Trinajstić information content (AvgIpc) is 2.53. The van der Waals surface area contributed by atoms with Crippen molar-refractivity contribution in [1.82, 2.24) is 5.32 Å². The molecule has 1 N–H and O–H groups in total. The first-order chi connectivity index (χ1) is 11.6. The Bertz CT molecular complexity index is 564. The maximum Gasteiger partial charge on any atom is 0.123 e. The van der Waals surface area contributed by atoms with E-state index in [1.807, 2.05) is 0 Å². The summed E-state index contributed by atoms with van der Waals surface area (Å²) in [6, 6.07) is 6.95. The lowest BCUT2D eigenvalue weighted by molar-refractivity contribution is -0.0706. The molecule has 0 radical (unpaired) electrons. The molecule has 5 rings (SSSR count). The van der Waals surface area contributed by atoms with E-state index < -0.39 is 0 Å². The summed E-state index contributed by atoms with van der Waals surface area (Å²) in [7, 11) is 0. The molecule has 0 amide bonds.